The maximum Gasteiger partial charge on any atom is 0.142 e. The highest BCUT2D eigenvalue weighted by atomic mass is 35.5. The maximum absolute atomic E-state index is 13.4. The van der Waals surface area contributed by atoms with E-state index in [4.69, 9.17) is 11.6 Å². The quantitative estimate of drug-likeness (QED) is 0.894. The molecule has 2 nitrogen and oxygen atoms in total. The van der Waals surface area contributed by atoms with Gasteiger partial charge in [-0.15, -0.1) is 0 Å². The zero-order chi connectivity index (χ0) is 13.0. The van der Waals surface area contributed by atoms with E-state index in [1.54, 1.807) is 6.07 Å². The number of rotatable bonds is 4. The molecule has 0 aromatic heterocycles. The Hall–Kier alpha value is -0.290. The first-order valence-electron chi connectivity index (χ1n) is 6.10. The summed E-state index contributed by atoms with van der Waals surface area (Å²) in [6.07, 6.45) is 2.19. The molecule has 1 atom stereocenters. The molecule has 0 radical (unpaired) electrons. The second kappa shape index (κ2) is 6.75. The average Bonchev–Trinajstić information content (AvgIpc) is 2.40. The van der Waals surface area contributed by atoms with Gasteiger partial charge < -0.3 is 10.4 Å². The zero-order valence-corrected chi connectivity index (χ0v) is 11.6. The summed E-state index contributed by atoms with van der Waals surface area (Å²) in [5, 5.41) is 13.0. The molecule has 1 aromatic carbocycles. The van der Waals surface area contributed by atoms with Crippen molar-refractivity contribution in [2.45, 2.75) is 24.9 Å². The predicted octanol–water partition coefficient (Wildman–Crippen LogP) is 3.00. The molecule has 1 fully saturated rings. The van der Waals surface area contributed by atoms with Crippen LogP contribution in [-0.2, 0) is 0 Å². The maximum atomic E-state index is 13.4. The molecule has 0 spiro atoms. The lowest BCUT2D eigenvalue weighted by Gasteiger charge is -2.27. The Bertz CT molecular complexity index is 399. The summed E-state index contributed by atoms with van der Waals surface area (Å²) in [4.78, 5) is 0. The van der Waals surface area contributed by atoms with Crippen LogP contribution < -0.4 is 5.32 Å². The van der Waals surface area contributed by atoms with Crippen LogP contribution in [0.5, 0.6) is 0 Å². The van der Waals surface area contributed by atoms with E-state index >= 15 is 0 Å². The van der Waals surface area contributed by atoms with Crippen molar-refractivity contribution in [3.05, 3.63) is 34.6 Å². The molecule has 1 aliphatic heterocycles. The molecule has 2 rings (SSSR count). The van der Waals surface area contributed by atoms with E-state index in [1.807, 2.05) is 11.8 Å². The summed E-state index contributed by atoms with van der Waals surface area (Å²) < 4.78 is 13.4. The average molecular weight is 290 g/mol. The van der Waals surface area contributed by atoms with E-state index in [-0.39, 0.29) is 17.7 Å². The standard InChI is InChI=1S/C13H17ClFNOS/c14-11-2-1-9(7-12(11)15)13(8-17)16-10-3-5-18-6-4-10/h1-2,7,10,13,16-17H,3-6,8H2. The second-order valence-electron chi connectivity index (χ2n) is 4.46. The van der Waals surface area contributed by atoms with Crippen LogP contribution >= 0.6 is 23.4 Å². The van der Waals surface area contributed by atoms with Crippen molar-refractivity contribution in [2.75, 3.05) is 18.1 Å². The van der Waals surface area contributed by atoms with Gasteiger partial charge in [-0.1, -0.05) is 17.7 Å². The van der Waals surface area contributed by atoms with Crippen molar-refractivity contribution in [1.29, 1.82) is 0 Å². The van der Waals surface area contributed by atoms with Crippen LogP contribution in [0.4, 0.5) is 4.39 Å². The molecule has 18 heavy (non-hydrogen) atoms. The molecule has 1 saturated heterocycles. The predicted molar refractivity (Wildman–Crippen MR) is 74.7 cm³/mol. The normalized spacial score (nSPS) is 18.8. The molecule has 5 heteroatoms. The number of hydrogen-bond donors (Lipinski definition) is 2. The number of halogens is 2. The Kier molecular flexibility index (Phi) is 5.30. The molecule has 0 aliphatic carbocycles. The summed E-state index contributed by atoms with van der Waals surface area (Å²) in [5.74, 6) is 1.85. The minimum absolute atomic E-state index is 0.0370. The zero-order valence-electron chi connectivity index (χ0n) is 10.0. The van der Waals surface area contributed by atoms with E-state index in [0.717, 1.165) is 29.9 Å². The second-order valence-corrected chi connectivity index (χ2v) is 6.09. The molecule has 0 saturated carbocycles. The van der Waals surface area contributed by atoms with Crippen LogP contribution in [0, 0.1) is 5.82 Å². The molecular weight excluding hydrogens is 273 g/mol. The minimum atomic E-state index is -0.436. The third-order valence-corrected chi connectivity index (χ3v) is 4.54. The van der Waals surface area contributed by atoms with Gasteiger partial charge in [0.15, 0.2) is 0 Å². The molecule has 1 unspecified atom stereocenters. The molecule has 100 valence electrons. The Morgan fingerprint density at radius 3 is 2.78 bits per heavy atom. The van der Waals surface area contributed by atoms with Crippen molar-refractivity contribution in [3.63, 3.8) is 0 Å². The minimum Gasteiger partial charge on any atom is -0.394 e. The van der Waals surface area contributed by atoms with Gasteiger partial charge in [0.25, 0.3) is 0 Å². The highest BCUT2D eigenvalue weighted by Crippen LogP contribution is 2.23. The summed E-state index contributed by atoms with van der Waals surface area (Å²) in [6, 6.07) is 4.88. The third kappa shape index (κ3) is 3.60. The van der Waals surface area contributed by atoms with E-state index in [1.165, 1.54) is 12.1 Å². The largest absolute Gasteiger partial charge is 0.394 e. The fourth-order valence-electron chi connectivity index (χ4n) is 2.13. The first kappa shape index (κ1) is 14.1. The van der Waals surface area contributed by atoms with E-state index in [2.05, 4.69) is 5.32 Å². The molecule has 1 heterocycles. The lowest BCUT2D eigenvalue weighted by Crippen LogP contribution is -2.37. The highest BCUT2D eigenvalue weighted by molar-refractivity contribution is 7.99. The van der Waals surface area contributed by atoms with Crippen LogP contribution in [0.3, 0.4) is 0 Å². The topological polar surface area (TPSA) is 32.3 Å². The van der Waals surface area contributed by atoms with Gasteiger partial charge >= 0.3 is 0 Å². The number of thioether (sulfide) groups is 1. The van der Waals surface area contributed by atoms with Gasteiger partial charge in [0.2, 0.25) is 0 Å². The number of aliphatic hydroxyl groups is 1. The summed E-state index contributed by atoms with van der Waals surface area (Å²) >= 11 is 7.61. The molecule has 0 bridgehead atoms. The lowest BCUT2D eigenvalue weighted by atomic mass is 10.0. The van der Waals surface area contributed by atoms with Crippen LogP contribution in [0.15, 0.2) is 18.2 Å². The number of hydrogen-bond acceptors (Lipinski definition) is 3. The van der Waals surface area contributed by atoms with Gasteiger partial charge in [0, 0.05) is 6.04 Å². The highest BCUT2D eigenvalue weighted by Gasteiger charge is 2.19. The third-order valence-electron chi connectivity index (χ3n) is 3.19. The monoisotopic (exact) mass is 289 g/mol. The number of nitrogens with one attached hydrogen (secondary N) is 1. The van der Waals surface area contributed by atoms with Gasteiger partial charge in [-0.05, 0) is 42.0 Å². The van der Waals surface area contributed by atoms with Gasteiger partial charge in [-0.2, -0.15) is 11.8 Å². The Morgan fingerprint density at radius 1 is 1.44 bits per heavy atom. The Labute approximate surface area is 116 Å². The van der Waals surface area contributed by atoms with Gasteiger partial charge in [0.05, 0.1) is 17.7 Å². The SMILES string of the molecule is OCC(NC1CCSCC1)c1ccc(Cl)c(F)c1. The first-order valence-corrected chi connectivity index (χ1v) is 7.63. The molecule has 1 aromatic rings. The first-order chi connectivity index (χ1) is 8.70. The fourth-order valence-corrected chi connectivity index (χ4v) is 3.36. The van der Waals surface area contributed by atoms with Crippen LogP contribution in [0.1, 0.15) is 24.4 Å². The van der Waals surface area contributed by atoms with Gasteiger partial charge in [-0.3, -0.25) is 0 Å². The number of benzene rings is 1. The number of aliphatic hydroxyl groups excluding tert-OH is 1. The molecule has 2 N–H and O–H groups in total. The van der Waals surface area contributed by atoms with Crippen molar-refractivity contribution in [1.82, 2.24) is 5.32 Å². The van der Waals surface area contributed by atoms with Crippen molar-refractivity contribution in [2.24, 2.45) is 0 Å². The summed E-state index contributed by atoms with van der Waals surface area (Å²) in [7, 11) is 0. The van der Waals surface area contributed by atoms with Crippen molar-refractivity contribution in [3.8, 4) is 0 Å². The van der Waals surface area contributed by atoms with Crippen LogP contribution in [0.25, 0.3) is 0 Å². The Balaban J connectivity index is 2.04. The molecule has 1 aliphatic rings. The molecular formula is C13H17ClFNOS. The lowest BCUT2D eigenvalue weighted by molar-refractivity contribution is 0.229. The van der Waals surface area contributed by atoms with Crippen LogP contribution in [-0.4, -0.2) is 29.3 Å². The molecule has 0 amide bonds. The Morgan fingerprint density at radius 2 is 2.17 bits per heavy atom. The van der Waals surface area contributed by atoms with Crippen LogP contribution in [0.2, 0.25) is 5.02 Å². The van der Waals surface area contributed by atoms with Crippen molar-refractivity contribution < 1.29 is 9.50 Å². The van der Waals surface area contributed by atoms with E-state index in [0.29, 0.717) is 6.04 Å². The summed E-state index contributed by atoms with van der Waals surface area (Å²) in [6.45, 7) is -0.0370. The summed E-state index contributed by atoms with van der Waals surface area (Å²) in [5.41, 5.74) is 0.748. The fraction of sp³-hybridized carbons (Fsp3) is 0.538. The smallest absolute Gasteiger partial charge is 0.142 e. The van der Waals surface area contributed by atoms with Crippen molar-refractivity contribution >= 4 is 23.4 Å². The van der Waals surface area contributed by atoms with E-state index < -0.39 is 5.82 Å². The van der Waals surface area contributed by atoms with E-state index in [9.17, 15) is 9.50 Å². The van der Waals surface area contributed by atoms with Gasteiger partial charge in [-0.25, -0.2) is 4.39 Å². The van der Waals surface area contributed by atoms with Gasteiger partial charge in [0.1, 0.15) is 5.82 Å².